The summed E-state index contributed by atoms with van der Waals surface area (Å²) in [7, 11) is -3.86. The first kappa shape index (κ1) is 15.8. The first-order valence-electron chi connectivity index (χ1n) is 7.26. The number of hydrogen-bond donors (Lipinski definition) is 1. The van der Waals surface area contributed by atoms with Crippen LogP contribution in [0.5, 0.6) is 0 Å². The maximum absolute atomic E-state index is 11.7. The summed E-state index contributed by atoms with van der Waals surface area (Å²) in [5.41, 5.74) is 0. The van der Waals surface area contributed by atoms with Crippen LogP contribution < -0.4 is 0 Å². The standard InChI is InChI=1S/C19H18O2S2/c1-23(20,21)19-14-12-18(13-15-19)22(16-8-4-2-5-9-16)17-10-6-3-7-11-17/h2-15,22H,1H3. The SMILES string of the molecule is CS(=O)(=O)c1ccc([SH](c2ccccc2)c2ccccc2)cc1. The summed E-state index contributed by atoms with van der Waals surface area (Å²) in [6.07, 6.45) is 1.24. The van der Waals surface area contributed by atoms with Crippen LogP contribution in [0.2, 0.25) is 0 Å². The predicted molar refractivity (Wildman–Crippen MR) is 96.2 cm³/mol. The minimum atomic E-state index is -3.17. The topological polar surface area (TPSA) is 34.1 Å². The molecule has 0 saturated carbocycles. The molecule has 0 amide bonds. The van der Waals surface area contributed by atoms with Gasteiger partial charge in [0.1, 0.15) is 0 Å². The third-order valence-electron chi connectivity index (χ3n) is 3.55. The molecule has 0 atom stereocenters. The van der Waals surface area contributed by atoms with E-state index in [1.165, 1.54) is 16.0 Å². The Bertz CT molecular complexity index is 832. The molecule has 0 aliphatic rings. The third kappa shape index (κ3) is 3.66. The Labute approximate surface area is 140 Å². The van der Waals surface area contributed by atoms with Crippen molar-refractivity contribution >= 4 is 20.7 Å². The van der Waals surface area contributed by atoms with Crippen molar-refractivity contribution in [3.8, 4) is 0 Å². The van der Waals surface area contributed by atoms with Crippen molar-refractivity contribution in [2.75, 3.05) is 6.26 Å². The highest BCUT2D eigenvalue weighted by Gasteiger charge is 2.13. The van der Waals surface area contributed by atoms with E-state index in [0.717, 1.165) is 4.90 Å². The van der Waals surface area contributed by atoms with Crippen LogP contribution in [-0.4, -0.2) is 14.7 Å². The summed E-state index contributed by atoms with van der Waals surface area (Å²) < 4.78 is 23.3. The highest BCUT2D eigenvalue weighted by atomic mass is 32.2. The van der Waals surface area contributed by atoms with Gasteiger partial charge < -0.3 is 0 Å². The first-order chi connectivity index (χ1) is 11.1. The van der Waals surface area contributed by atoms with E-state index in [0.29, 0.717) is 4.90 Å². The second-order valence-corrected chi connectivity index (χ2v) is 9.51. The van der Waals surface area contributed by atoms with Crippen LogP contribution in [0, 0.1) is 0 Å². The molecule has 0 unspecified atom stereocenters. The minimum Gasteiger partial charge on any atom is -0.224 e. The van der Waals surface area contributed by atoms with E-state index in [1.807, 2.05) is 48.5 Å². The zero-order valence-electron chi connectivity index (χ0n) is 12.8. The molecule has 3 rings (SSSR count). The summed E-state index contributed by atoms with van der Waals surface area (Å²) >= 11 is 0. The molecule has 2 nitrogen and oxygen atoms in total. The lowest BCUT2D eigenvalue weighted by Crippen LogP contribution is -1.97. The van der Waals surface area contributed by atoms with Crippen LogP contribution in [0.15, 0.2) is 105 Å². The Balaban J connectivity index is 2.09. The average molecular weight is 342 g/mol. The maximum atomic E-state index is 11.7. The average Bonchev–Trinajstić information content (AvgIpc) is 2.57. The van der Waals surface area contributed by atoms with Gasteiger partial charge in [-0.25, -0.2) is 8.42 Å². The Morgan fingerprint density at radius 2 is 1.00 bits per heavy atom. The largest absolute Gasteiger partial charge is 0.224 e. The zero-order valence-corrected chi connectivity index (χ0v) is 14.5. The van der Waals surface area contributed by atoms with E-state index in [1.54, 1.807) is 12.1 Å². The number of thiol groups is 1. The lowest BCUT2D eigenvalue weighted by Gasteiger charge is -2.23. The highest BCUT2D eigenvalue weighted by Crippen LogP contribution is 2.51. The lowest BCUT2D eigenvalue weighted by molar-refractivity contribution is 0.602. The van der Waals surface area contributed by atoms with Crippen molar-refractivity contribution in [3.63, 3.8) is 0 Å². The van der Waals surface area contributed by atoms with Gasteiger partial charge in [-0.1, -0.05) is 36.4 Å². The quantitative estimate of drug-likeness (QED) is 0.705. The van der Waals surface area contributed by atoms with E-state index in [9.17, 15) is 8.42 Å². The molecule has 0 spiro atoms. The summed E-state index contributed by atoms with van der Waals surface area (Å²) in [5, 5.41) is 0. The molecule has 4 heteroatoms. The van der Waals surface area contributed by atoms with Gasteiger partial charge >= 0.3 is 0 Å². The van der Waals surface area contributed by atoms with Crippen molar-refractivity contribution < 1.29 is 8.42 Å². The van der Waals surface area contributed by atoms with Gasteiger partial charge in [-0.3, -0.25) is 0 Å². The molecular formula is C19H18O2S2. The third-order valence-corrected chi connectivity index (χ3v) is 7.12. The van der Waals surface area contributed by atoms with E-state index in [4.69, 9.17) is 0 Å². The van der Waals surface area contributed by atoms with Crippen molar-refractivity contribution in [1.29, 1.82) is 0 Å². The summed E-state index contributed by atoms with van der Waals surface area (Å²) in [4.78, 5) is 4.00. The van der Waals surface area contributed by atoms with Crippen LogP contribution in [0.3, 0.4) is 0 Å². The molecule has 0 radical (unpaired) electrons. The molecule has 3 aromatic rings. The molecule has 0 saturated heterocycles. The first-order valence-corrected chi connectivity index (χ1v) is 10.5. The predicted octanol–water partition coefficient (Wildman–Crippen LogP) is 4.57. The minimum absolute atomic E-state index is 0.359. The van der Waals surface area contributed by atoms with Gasteiger partial charge in [0.05, 0.1) is 4.90 Å². The fourth-order valence-electron chi connectivity index (χ4n) is 2.44. The summed E-state index contributed by atoms with van der Waals surface area (Å²) in [6.45, 7) is 0. The molecule has 118 valence electrons. The Morgan fingerprint density at radius 1 is 0.609 bits per heavy atom. The van der Waals surface area contributed by atoms with E-state index < -0.39 is 20.7 Å². The van der Waals surface area contributed by atoms with Crippen LogP contribution in [0.25, 0.3) is 0 Å². The van der Waals surface area contributed by atoms with Crippen LogP contribution >= 0.6 is 10.9 Å². The fraction of sp³-hybridized carbons (Fsp3) is 0.0526. The van der Waals surface area contributed by atoms with Gasteiger partial charge in [0, 0.05) is 6.26 Å². The molecular weight excluding hydrogens is 324 g/mol. The van der Waals surface area contributed by atoms with Gasteiger partial charge in [-0.05, 0) is 63.2 Å². The highest BCUT2D eigenvalue weighted by molar-refractivity contribution is 8.17. The van der Waals surface area contributed by atoms with Crippen molar-refractivity contribution in [1.82, 2.24) is 0 Å². The second-order valence-electron chi connectivity index (χ2n) is 5.27. The van der Waals surface area contributed by atoms with Gasteiger partial charge in [-0.15, -0.1) is 0 Å². The van der Waals surface area contributed by atoms with Gasteiger partial charge in [0.25, 0.3) is 0 Å². The Hall–Kier alpha value is -2.04. The molecule has 0 aliphatic heterocycles. The summed E-state index contributed by atoms with van der Waals surface area (Å²) in [5.74, 6) is 0. The number of sulfone groups is 1. The molecule has 0 N–H and O–H groups in total. The van der Waals surface area contributed by atoms with Crippen molar-refractivity contribution in [2.45, 2.75) is 19.6 Å². The molecule has 0 aliphatic carbocycles. The Kier molecular flexibility index (Phi) is 4.55. The van der Waals surface area contributed by atoms with Crippen LogP contribution in [-0.2, 0) is 9.84 Å². The zero-order chi connectivity index (χ0) is 16.3. The molecule has 0 heterocycles. The van der Waals surface area contributed by atoms with Crippen LogP contribution in [0.1, 0.15) is 0 Å². The van der Waals surface area contributed by atoms with E-state index in [-0.39, 0.29) is 0 Å². The van der Waals surface area contributed by atoms with Gasteiger partial charge in [-0.2, -0.15) is 10.9 Å². The normalized spacial score (nSPS) is 12.0. The number of hydrogen-bond acceptors (Lipinski definition) is 2. The molecule has 0 bridgehead atoms. The number of benzene rings is 3. The van der Waals surface area contributed by atoms with E-state index in [2.05, 4.69) is 24.3 Å². The second kappa shape index (κ2) is 6.60. The monoisotopic (exact) mass is 342 g/mol. The fourth-order valence-corrected chi connectivity index (χ4v) is 5.36. The Morgan fingerprint density at radius 3 is 1.39 bits per heavy atom. The van der Waals surface area contributed by atoms with Gasteiger partial charge in [0.2, 0.25) is 0 Å². The molecule has 0 fully saturated rings. The maximum Gasteiger partial charge on any atom is 0.175 e. The van der Waals surface area contributed by atoms with Crippen LogP contribution in [0.4, 0.5) is 0 Å². The van der Waals surface area contributed by atoms with Gasteiger partial charge in [0.15, 0.2) is 9.84 Å². The smallest absolute Gasteiger partial charge is 0.175 e. The molecule has 0 aromatic heterocycles. The molecule has 23 heavy (non-hydrogen) atoms. The van der Waals surface area contributed by atoms with E-state index >= 15 is 0 Å². The van der Waals surface area contributed by atoms with Crippen molar-refractivity contribution in [2.24, 2.45) is 0 Å². The lowest BCUT2D eigenvalue weighted by atomic mass is 10.4. The van der Waals surface area contributed by atoms with Crippen molar-refractivity contribution in [3.05, 3.63) is 84.9 Å². The number of rotatable bonds is 4. The molecule has 3 aromatic carbocycles. The summed E-state index contributed by atoms with van der Waals surface area (Å²) in [6, 6.07) is 28.0.